The Balaban J connectivity index is 1.51. The zero-order chi connectivity index (χ0) is 18.9. The van der Waals surface area contributed by atoms with E-state index in [0.717, 1.165) is 17.1 Å². The normalized spacial score (nSPS) is 19.8. The summed E-state index contributed by atoms with van der Waals surface area (Å²) in [7, 11) is 0. The minimum absolute atomic E-state index is 0.0752. The van der Waals surface area contributed by atoms with E-state index in [1.165, 1.54) is 16.7 Å². The van der Waals surface area contributed by atoms with Gasteiger partial charge in [0.1, 0.15) is 12.8 Å². The maximum absolute atomic E-state index is 6.26. The highest BCUT2D eigenvalue weighted by Crippen LogP contribution is 2.44. The SMILES string of the molecule is Cc1ccc(C2N=CC3c4ccccc4C=C(OCc4ccccn4)N32)cc1. The van der Waals surface area contributed by atoms with Crippen molar-refractivity contribution in [2.45, 2.75) is 25.7 Å². The van der Waals surface area contributed by atoms with Gasteiger partial charge in [0, 0.05) is 18.5 Å². The van der Waals surface area contributed by atoms with Gasteiger partial charge in [0.25, 0.3) is 0 Å². The highest BCUT2D eigenvalue weighted by atomic mass is 16.5. The van der Waals surface area contributed by atoms with E-state index in [9.17, 15) is 0 Å². The van der Waals surface area contributed by atoms with Crippen molar-refractivity contribution in [3.8, 4) is 0 Å². The third kappa shape index (κ3) is 2.97. The van der Waals surface area contributed by atoms with Crippen LogP contribution in [0.5, 0.6) is 0 Å². The highest BCUT2D eigenvalue weighted by Gasteiger charge is 2.38. The molecule has 0 saturated carbocycles. The molecule has 0 aliphatic carbocycles. The predicted octanol–water partition coefficient (Wildman–Crippen LogP) is 5.05. The second-order valence-electron chi connectivity index (χ2n) is 7.16. The molecule has 138 valence electrons. The highest BCUT2D eigenvalue weighted by molar-refractivity contribution is 5.76. The van der Waals surface area contributed by atoms with Gasteiger partial charge in [-0.25, -0.2) is 0 Å². The molecule has 5 rings (SSSR count). The number of rotatable bonds is 4. The van der Waals surface area contributed by atoms with Crippen molar-refractivity contribution in [1.29, 1.82) is 0 Å². The van der Waals surface area contributed by atoms with Gasteiger partial charge in [0.2, 0.25) is 0 Å². The van der Waals surface area contributed by atoms with Crippen molar-refractivity contribution in [1.82, 2.24) is 9.88 Å². The summed E-state index contributed by atoms with van der Waals surface area (Å²) in [6.45, 7) is 2.53. The van der Waals surface area contributed by atoms with Gasteiger partial charge in [0.05, 0.1) is 11.7 Å². The van der Waals surface area contributed by atoms with E-state index in [0.29, 0.717) is 6.61 Å². The molecule has 0 bridgehead atoms. The van der Waals surface area contributed by atoms with E-state index in [1.807, 2.05) is 24.4 Å². The number of hydrogen-bond acceptors (Lipinski definition) is 4. The topological polar surface area (TPSA) is 37.7 Å². The van der Waals surface area contributed by atoms with Crippen LogP contribution >= 0.6 is 0 Å². The average Bonchev–Trinajstić information content (AvgIpc) is 3.19. The van der Waals surface area contributed by atoms with E-state index in [4.69, 9.17) is 9.73 Å². The van der Waals surface area contributed by atoms with Gasteiger partial charge in [-0.05, 0) is 35.7 Å². The van der Waals surface area contributed by atoms with Crippen LogP contribution < -0.4 is 0 Å². The molecule has 0 fully saturated rings. The third-order valence-electron chi connectivity index (χ3n) is 5.25. The van der Waals surface area contributed by atoms with Crippen LogP contribution in [0.2, 0.25) is 0 Å². The Hall–Kier alpha value is -3.40. The second kappa shape index (κ2) is 6.97. The first kappa shape index (κ1) is 16.8. The van der Waals surface area contributed by atoms with Crippen molar-refractivity contribution < 1.29 is 4.74 Å². The van der Waals surface area contributed by atoms with Gasteiger partial charge in [-0.15, -0.1) is 0 Å². The number of fused-ring (bicyclic) bond motifs is 3. The number of aromatic nitrogens is 1. The van der Waals surface area contributed by atoms with Gasteiger partial charge in [-0.3, -0.25) is 9.98 Å². The number of ether oxygens (including phenoxy) is 1. The van der Waals surface area contributed by atoms with Crippen molar-refractivity contribution in [2.75, 3.05) is 0 Å². The molecular formula is C24H21N3O. The maximum Gasteiger partial charge on any atom is 0.193 e. The fraction of sp³-hybridized carbons (Fsp3) is 0.167. The van der Waals surface area contributed by atoms with E-state index in [1.54, 1.807) is 6.20 Å². The molecule has 3 heterocycles. The Kier molecular flexibility index (Phi) is 4.17. The minimum atomic E-state index is -0.0889. The van der Waals surface area contributed by atoms with E-state index >= 15 is 0 Å². The molecule has 1 aromatic heterocycles. The lowest BCUT2D eigenvalue weighted by atomic mass is 9.96. The Bertz CT molecular complexity index is 1040. The largest absolute Gasteiger partial charge is 0.472 e. The van der Waals surface area contributed by atoms with Gasteiger partial charge >= 0.3 is 0 Å². The molecule has 0 saturated heterocycles. The fourth-order valence-electron chi connectivity index (χ4n) is 3.80. The number of benzene rings is 2. The standard InChI is InChI=1S/C24H21N3O/c1-17-9-11-18(12-10-17)24-26-15-22-21-8-3-2-6-19(21)14-23(27(22)24)28-16-20-7-4-5-13-25-20/h2-15,22,24H,16H2,1H3. The average molecular weight is 367 g/mol. The van der Waals surface area contributed by atoms with Gasteiger partial charge in [-0.2, -0.15) is 0 Å². The first-order chi connectivity index (χ1) is 13.8. The van der Waals surface area contributed by atoms with Gasteiger partial charge < -0.3 is 9.64 Å². The van der Waals surface area contributed by atoms with Crippen molar-refractivity contribution in [3.05, 3.63) is 107 Å². The molecule has 0 amide bonds. The molecule has 3 aromatic rings. The lowest BCUT2D eigenvalue weighted by molar-refractivity contribution is 0.0738. The van der Waals surface area contributed by atoms with Crippen LogP contribution in [0.1, 0.15) is 40.2 Å². The summed E-state index contributed by atoms with van der Waals surface area (Å²) >= 11 is 0. The third-order valence-corrected chi connectivity index (χ3v) is 5.25. The van der Waals surface area contributed by atoms with Crippen LogP contribution in [0.15, 0.2) is 83.8 Å². The molecule has 4 nitrogen and oxygen atoms in total. The zero-order valence-electron chi connectivity index (χ0n) is 15.7. The summed E-state index contributed by atoms with van der Waals surface area (Å²) < 4.78 is 6.26. The molecule has 2 atom stereocenters. The molecule has 28 heavy (non-hydrogen) atoms. The molecular weight excluding hydrogens is 346 g/mol. The molecule has 2 aliphatic rings. The maximum atomic E-state index is 6.26. The summed E-state index contributed by atoms with van der Waals surface area (Å²) in [6.07, 6.45) is 5.86. The monoisotopic (exact) mass is 367 g/mol. The van der Waals surface area contributed by atoms with Crippen LogP contribution in [0.4, 0.5) is 0 Å². The molecule has 2 aromatic carbocycles. The molecule has 2 unspecified atom stereocenters. The Morgan fingerprint density at radius 3 is 2.61 bits per heavy atom. The quantitative estimate of drug-likeness (QED) is 0.648. The first-order valence-corrected chi connectivity index (χ1v) is 9.51. The van der Waals surface area contributed by atoms with Crippen LogP contribution in [0, 0.1) is 6.92 Å². The van der Waals surface area contributed by atoms with Crippen LogP contribution in [-0.4, -0.2) is 16.1 Å². The van der Waals surface area contributed by atoms with Gasteiger partial charge in [-0.1, -0.05) is 60.2 Å². The molecule has 0 N–H and O–H groups in total. The van der Waals surface area contributed by atoms with Crippen molar-refractivity contribution in [3.63, 3.8) is 0 Å². The van der Waals surface area contributed by atoms with Crippen LogP contribution in [0.25, 0.3) is 6.08 Å². The lowest BCUT2D eigenvalue weighted by Gasteiger charge is -2.36. The van der Waals surface area contributed by atoms with Gasteiger partial charge in [0.15, 0.2) is 5.88 Å². The molecule has 4 heteroatoms. The number of nitrogens with zero attached hydrogens (tertiary/aromatic N) is 3. The van der Waals surface area contributed by atoms with Crippen LogP contribution in [-0.2, 0) is 11.3 Å². The predicted molar refractivity (Wildman–Crippen MR) is 110 cm³/mol. The molecule has 0 radical (unpaired) electrons. The summed E-state index contributed by atoms with van der Waals surface area (Å²) in [5.41, 5.74) is 5.75. The van der Waals surface area contributed by atoms with Crippen molar-refractivity contribution in [2.24, 2.45) is 4.99 Å². The fourth-order valence-corrected chi connectivity index (χ4v) is 3.80. The smallest absolute Gasteiger partial charge is 0.193 e. The number of hydrogen-bond donors (Lipinski definition) is 0. The second-order valence-corrected chi connectivity index (χ2v) is 7.16. The van der Waals surface area contributed by atoms with Crippen LogP contribution in [0.3, 0.4) is 0 Å². The van der Waals surface area contributed by atoms with E-state index < -0.39 is 0 Å². The van der Waals surface area contributed by atoms with E-state index in [-0.39, 0.29) is 12.2 Å². The number of aryl methyl sites for hydroxylation is 1. The Labute approximate surface area is 164 Å². The van der Waals surface area contributed by atoms with Crippen molar-refractivity contribution >= 4 is 12.3 Å². The molecule has 2 aliphatic heterocycles. The lowest BCUT2D eigenvalue weighted by Crippen LogP contribution is -2.31. The minimum Gasteiger partial charge on any atom is -0.472 e. The summed E-state index contributed by atoms with van der Waals surface area (Å²) in [5, 5.41) is 0. The summed E-state index contributed by atoms with van der Waals surface area (Å²) in [4.78, 5) is 11.5. The summed E-state index contributed by atoms with van der Waals surface area (Å²) in [6, 6.07) is 23.0. The summed E-state index contributed by atoms with van der Waals surface area (Å²) in [5.74, 6) is 0.831. The Morgan fingerprint density at radius 1 is 0.964 bits per heavy atom. The molecule has 0 spiro atoms. The zero-order valence-corrected chi connectivity index (χ0v) is 15.7. The number of pyridine rings is 1. The number of aliphatic imine (C=N–C) groups is 1. The Morgan fingerprint density at radius 2 is 1.79 bits per heavy atom. The first-order valence-electron chi connectivity index (χ1n) is 9.51. The van der Waals surface area contributed by atoms with E-state index in [2.05, 4.69) is 71.4 Å².